The maximum atomic E-state index is 14.0. The van der Waals surface area contributed by atoms with E-state index >= 15 is 0 Å². The van der Waals surface area contributed by atoms with Crippen molar-refractivity contribution in [2.24, 2.45) is 0 Å². The molecule has 1 N–H and O–H groups in total. The van der Waals surface area contributed by atoms with Crippen LogP contribution in [-0.2, 0) is 4.79 Å². The van der Waals surface area contributed by atoms with Gasteiger partial charge in [-0.2, -0.15) is 0 Å². The average Bonchev–Trinajstić information content (AvgIpc) is 3.66. The van der Waals surface area contributed by atoms with Crippen LogP contribution in [0.1, 0.15) is 41.9 Å². The molecule has 0 saturated heterocycles. The summed E-state index contributed by atoms with van der Waals surface area (Å²) in [6.07, 6.45) is 1.86. The number of fused-ring (bicyclic) bond motifs is 2. The Morgan fingerprint density at radius 1 is 1.12 bits per heavy atom. The highest BCUT2D eigenvalue weighted by Crippen LogP contribution is 2.46. The van der Waals surface area contributed by atoms with Gasteiger partial charge in [-0.3, -0.25) is 14.5 Å². The van der Waals surface area contributed by atoms with E-state index in [2.05, 4.69) is 11.9 Å². The number of methoxy groups -OCH3 is 1. The number of amides is 1. The van der Waals surface area contributed by atoms with Gasteiger partial charge in [0, 0.05) is 10.4 Å². The molecule has 0 bridgehead atoms. The Labute approximate surface area is 244 Å². The summed E-state index contributed by atoms with van der Waals surface area (Å²) in [5.41, 5.74) is 1.56. The number of ketones is 1. The largest absolute Gasteiger partial charge is 0.503 e. The Morgan fingerprint density at radius 3 is 2.73 bits per heavy atom. The second-order valence-corrected chi connectivity index (χ2v) is 11.0. The zero-order chi connectivity index (χ0) is 28.7. The summed E-state index contributed by atoms with van der Waals surface area (Å²) >= 11 is 7.43. The smallest absolute Gasteiger partial charge is 0.296 e. The van der Waals surface area contributed by atoms with E-state index in [1.165, 1.54) is 23.3 Å². The maximum Gasteiger partial charge on any atom is 0.296 e. The lowest BCUT2D eigenvalue weighted by atomic mass is 9.95. The van der Waals surface area contributed by atoms with Gasteiger partial charge in [-0.15, -0.1) is 0 Å². The van der Waals surface area contributed by atoms with E-state index in [0.717, 1.165) is 22.9 Å². The van der Waals surface area contributed by atoms with Crippen molar-refractivity contribution in [3.8, 4) is 11.5 Å². The Balaban J connectivity index is 1.48. The third-order valence-electron chi connectivity index (χ3n) is 6.91. The fourth-order valence-electron chi connectivity index (χ4n) is 4.87. The van der Waals surface area contributed by atoms with E-state index in [9.17, 15) is 14.7 Å². The fourth-order valence-corrected chi connectivity index (χ4v) is 6.13. The standard InChI is InChI=1S/C31H25ClN2O6S/c1-3-4-13-39-22-12-9-18(15-23(22)38-2)27-26(28(35)24-14-17-7-5-6-8-21(17)40-24)29(36)30(37)34(27)31-33-20-11-10-19(32)16-25(20)41-31/h5-12,14-16,27,36H,3-4,13H2,1-2H3. The van der Waals surface area contributed by atoms with E-state index in [-0.39, 0.29) is 11.3 Å². The molecule has 3 heterocycles. The minimum Gasteiger partial charge on any atom is -0.503 e. The molecule has 6 rings (SSSR count). The number of rotatable bonds is 9. The van der Waals surface area contributed by atoms with Gasteiger partial charge in [-0.25, -0.2) is 4.98 Å². The van der Waals surface area contributed by atoms with Gasteiger partial charge in [-0.1, -0.05) is 60.5 Å². The number of para-hydroxylation sites is 1. The lowest BCUT2D eigenvalue weighted by molar-refractivity contribution is -0.117. The van der Waals surface area contributed by atoms with Crippen molar-refractivity contribution in [1.29, 1.82) is 0 Å². The van der Waals surface area contributed by atoms with Crippen LogP contribution in [0.2, 0.25) is 5.02 Å². The number of hydrogen-bond donors (Lipinski definition) is 1. The predicted molar refractivity (Wildman–Crippen MR) is 158 cm³/mol. The SMILES string of the molecule is CCCCOc1ccc(C2C(C(=O)c3cc4ccccc4o3)=C(O)C(=O)N2c2nc3ccc(Cl)cc3s2)cc1OC. The number of carbonyl (C=O) groups is 2. The molecule has 1 aliphatic heterocycles. The van der Waals surface area contributed by atoms with Crippen molar-refractivity contribution in [2.45, 2.75) is 25.8 Å². The van der Waals surface area contributed by atoms with E-state index in [1.54, 1.807) is 54.6 Å². The first-order valence-corrected chi connectivity index (χ1v) is 14.3. The minimum atomic E-state index is -1.02. The van der Waals surface area contributed by atoms with Gasteiger partial charge in [0.1, 0.15) is 5.58 Å². The van der Waals surface area contributed by atoms with Crippen molar-refractivity contribution >= 4 is 60.9 Å². The molecule has 10 heteroatoms. The van der Waals surface area contributed by atoms with Crippen LogP contribution >= 0.6 is 22.9 Å². The van der Waals surface area contributed by atoms with Crippen molar-refractivity contribution in [3.63, 3.8) is 0 Å². The third kappa shape index (κ3) is 4.81. The van der Waals surface area contributed by atoms with E-state index in [0.29, 0.717) is 44.9 Å². The zero-order valence-electron chi connectivity index (χ0n) is 22.2. The van der Waals surface area contributed by atoms with Crippen LogP contribution in [0.25, 0.3) is 21.2 Å². The molecule has 41 heavy (non-hydrogen) atoms. The van der Waals surface area contributed by atoms with Crippen LogP contribution in [0.5, 0.6) is 11.5 Å². The summed E-state index contributed by atoms with van der Waals surface area (Å²) in [6.45, 7) is 2.59. The fraction of sp³-hybridized carbons (Fsp3) is 0.194. The number of carbonyl (C=O) groups excluding carboxylic acids is 2. The molecule has 0 radical (unpaired) electrons. The summed E-state index contributed by atoms with van der Waals surface area (Å²) in [6, 6.07) is 18.2. The van der Waals surface area contributed by atoms with E-state index < -0.39 is 23.5 Å². The molecule has 0 aliphatic carbocycles. The van der Waals surface area contributed by atoms with Gasteiger partial charge >= 0.3 is 0 Å². The first-order chi connectivity index (χ1) is 19.9. The quantitative estimate of drug-likeness (QED) is 0.139. The molecule has 1 amide bonds. The number of aliphatic hydroxyl groups is 1. The number of hydrogen-bond acceptors (Lipinski definition) is 8. The van der Waals surface area contributed by atoms with Gasteiger partial charge in [-0.05, 0) is 54.4 Å². The minimum absolute atomic E-state index is 0.00923. The zero-order valence-corrected chi connectivity index (χ0v) is 23.8. The Bertz CT molecular complexity index is 1810. The molecule has 0 saturated carbocycles. The summed E-state index contributed by atoms with van der Waals surface area (Å²) in [7, 11) is 1.52. The molecule has 0 spiro atoms. The van der Waals surface area contributed by atoms with Crippen molar-refractivity contribution in [2.75, 3.05) is 18.6 Å². The molecule has 5 aromatic rings. The Hall–Kier alpha value is -4.34. The summed E-state index contributed by atoms with van der Waals surface area (Å²) in [4.78, 5) is 33.6. The molecule has 2 aromatic heterocycles. The Morgan fingerprint density at radius 2 is 1.95 bits per heavy atom. The number of aromatic nitrogens is 1. The number of aliphatic hydroxyl groups excluding tert-OH is 1. The molecule has 8 nitrogen and oxygen atoms in total. The molecular weight excluding hydrogens is 564 g/mol. The van der Waals surface area contributed by atoms with Gasteiger partial charge in [0.15, 0.2) is 28.1 Å². The summed E-state index contributed by atoms with van der Waals surface area (Å²) in [5.74, 6) is -1.04. The predicted octanol–water partition coefficient (Wildman–Crippen LogP) is 7.67. The highest BCUT2D eigenvalue weighted by atomic mass is 35.5. The summed E-state index contributed by atoms with van der Waals surface area (Å²) in [5, 5.41) is 12.8. The monoisotopic (exact) mass is 588 g/mol. The lowest BCUT2D eigenvalue weighted by Gasteiger charge is -2.25. The molecule has 1 unspecified atom stereocenters. The maximum absolute atomic E-state index is 14.0. The summed E-state index contributed by atoms with van der Waals surface area (Å²) < 4.78 is 18.1. The van der Waals surface area contributed by atoms with Crippen molar-refractivity contribution in [1.82, 2.24) is 4.98 Å². The number of benzene rings is 3. The van der Waals surface area contributed by atoms with E-state index in [4.69, 9.17) is 25.5 Å². The number of ether oxygens (including phenoxy) is 2. The molecule has 208 valence electrons. The van der Waals surface area contributed by atoms with Crippen LogP contribution in [0, 0.1) is 0 Å². The second kappa shape index (κ2) is 10.9. The number of nitrogens with zero attached hydrogens (tertiary/aromatic N) is 2. The van der Waals surface area contributed by atoms with Crippen molar-refractivity contribution < 1.29 is 28.6 Å². The van der Waals surface area contributed by atoms with Gasteiger partial charge in [0.25, 0.3) is 5.91 Å². The van der Waals surface area contributed by atoms with Gasteiger partial charge in [0.2, 0.25) is 5.78 Å². The average molecular weight is 589 g/mol. The number of furan rings is 1. The lowest BCUT2D eigenvalue weighted by Crippen LogP contribution is -2.31. The number of Topliss-reactive ketones (excluding diaryl/α,β-unsaturated/α-hetero) is 1. The first kappa shape index (κ1) is 26.9. The number of anilines is 1. The second-order valence-electron chi connectivity index (χ2n) is 9.54. The van der Waals surface area contributed by atoms with Gasteiger partial charge < -0.3 is 19.0 Å². The van der Waals surface area contributed by atoms with Crippen LogP contribution in [0.15, 0.2) is 82.5 Å². The van der Waals surface area contributed by atoms with Crippen molar-refractivity contribution in [3.05, 3.63) is 94.4 Å². The molecule has 1 aliphatic rings. The topological polar surface area (TPSA) is 102 Å². The van der Waals surface area contributed by atoms with E-state index in [1.807, 2.05) is 12.1 Å². The van der Waals surface area contributed by atoms with Gasteiger partial charge in [0.05, 0.1) is 35.5 Å². The van der Waals surface area contributed by atoms with Crippen LogP contribution in [-0.4, -0.2) is 35.5 Å². The number of thiazole rings is 1. The highest BCUT2D eigenvalue weighted by molar-refractivity contribution is 7.22. The Kier molecular flexibility index (Phi) is 7.15. The first-order valence-electron chi connectivity index (χ1n) is 13.1. The number of halogens is 1. The molecule has 0 fully saturated rings. The normalized spacial score (nSPS) is 15.3. The van der Waals surface area contributed by atoms with Crippen LogP contribution in [0.4, 0.5) is 5.13 Å². The molecule has 3 aromatic carbocycles. The number of unbranched alkanes of at least 4 members (excludes halogenated alkanes) is 1. The van der Waals surface area contributed by atoms with Crippen LogP contribution in [0.3, 0.4) is 0 Å². The molecular formula is C31H25ClN2O6S. The van der Waals surface area contributed by atoms with Crippen LogP contribution < -0.4 is 14.4 Å². The highest BCUT2D eigenvalue weighted by Gasteiger charge is 2.47. The molecule has 1 atom stereocenters. The third-order valence-corrected chi connectivity index (χ3v) is 8.16.